The molecule has 1 fully saturated rings. The fourth-order valence-corrected chi connectivity index (χ4v) is 1.94. The fourth-order valence-electron chi connectivity index (χ4n) is 1.94. The van der Waals surface area contributed by atoms with Crippen LogP contribution in [-0.4, -0.2) is 41.8 Å². The molecule has 3 N–H and O–H groups in total. The first-order valence-corrected chi connectivity index (χ1v) is 6.08. The third-order valence-electron chi connectivity index (χ3n) is 3.82. The molecule has 0 aromatic heterocycles. The summed E-state index contributed by atoms with van der Waals surface area (Å²) in [4.78, 5) is 2.41. The SMILES string of the molecule is CC(N)C(C)(C)CN(CCO)C1CCC1. The van der Waals surface area contributed by atoms with E-state index >= 15 is 0 Å². The summed E-state index contributed by atoms with van der Waals surface area (Å²) < 4.78 is 0. The molecule has 0 radical (unpaired) electrons. The van der Waals surface area contributed by atoms with Crippen molar-refractivity contribution in [2.45, 2.75) is 52.1 Å². The number of aliphatic hydroxyl groups is 1. The van der Waals surface area contributed by atoms with E-state index in [0.29, 0.717) is 6.04 Å². The van der Waals surface area contributed by atoms with Crippen LogP contribution in [0.5, 0.6) is 0 Å². The molecule has 0 bridgehead atoms. The molecular weight excluding hydrogens is 188 g/mol. The van der Waals surface area contributed by atoms with E-state index in [9.17, 15) is 0 Å². The van der Waals surface area contributed by atoms with Gasteiger partial charge in [-0.2, -0.15) is 0 Å². The quantitative estimate of drug-likeness (QED) is 0.698. The minimum absolute atomic E-state index is 0.130. The van der Waals surface area contributed by atoms with E-state index in [0.717, 1.165) is 13.1 Å². The van der Waals surface area contributed by atoms with Crippen LogP contribution in [0.3, 0.4) is 0 Å². The van der Waals surface area contributed by atoms with Crippen molar-refractivity contribution in [3.05, 3.63) is 0 Å². The Morgan fingerprint density at radius 1 is 1.47 bits per heavy atom. The Labute approximate surface area is 93.6 Å². The first-order valence-electron chi connectivity index (χ1n) is 6.08. The Morgan fingerprint density at radius 3 is 2.40 bits per heavy atom. The second-order valence-corrected chi connectivity index (χ2v) is 5.56. The van der Waals surface area contributed by atoms with Gasteiger partial charge in [0.1, 0.15) is 0 Å². The van der Waals surface area contributed by atoms with Crippen molar-refractivity contribution >= 4 is 0 Å². The minimum atomic E-state index is 0.130. The Kier molecular flexibility index (Phi) is 4.56. The van der Waals surface area contributed by atoms with E-state index < -0.39 is 0 Å². The first kappa shape index (κ1) is 12.9. The van der Waals surface area contributed by atoms with E-state index in [1.54, 1.807) is 0 Å². The van der Waals surface area contributed by atoms with Gasteiger partial charge >= 0.3 is 0 Å². The van der Waals surface area contributed by atoms with Gasteiger partial charge in [-0.15, -0.1) is 0 Å². The maximum Gasteiger partial charge on any atom is 0.0558 e. The van der Waals surface area contributed by atoms with Crippen molar-refractivity contribution in [2.24, 2.45) is 11.1 Å². The molecule has 1 atom stereocenters. The van der Waals surface area contributed by atoms with Crippen LogP contribution in [-0.2, 0) is 0 Å². The van der Waals surface area contributed by atoms with Crippen LogP contribution < -0.4 is 5.73 Å². The van der Waals surface area contributed by atoms with Crippen LogP contribution in [0.25, 0.3) is 0 Å². The average Bonchev–Trinajstić information content (AvgIpc) is 1.99. The molecule has 3 nitrogen and oxygen atoms in total. The summed E-state index contributed by atoms with van der Waals surface area (Å²) in [5.41, 5.74) is 6.11. The standard InChI is InChI=1S/C12H26N2O/c1-10(13)12(2,3)9-14(7-8-15)11-5-4-6-11/h10-11,15H,4-9,13H2,1-3H3. The number of aliphatic hydroxyl groups excluding tert-OH is 1. The van der Waals surface area contributed by atoms with E-state index in [2.05, 4.69) is 25.7 Å². The zero-order valence-electron chi connectivity index (χ0n) is 10.4. The fraction of sp³-hybridized carbons (Fsp3) is 1.00. The number of nitrogens with zero attached hydrogens (tertiary/aromatic N) is 1. The van der Waals surface area contributed by atoms with E-state index in [-0.39, 0.29) is 18.1 Å². The third-order valence-corrected chi connectivity index (χ3v) is 3.82. The highest BCUT2D eigenvalue weighted by atomic mass is 16.3. The molecule has 15 heavy (non-hydrogen) atoms. The summed E-state index contributed by atoms with van der Waals surface area (Å²) in [6.07, 6.45) is 3.91. The summed E-state index contributed by atoms with van der Waals surface area (Å²) >= 11 is 0. The predicted octanol–water partition coefficient (Wildman–Crippen LogP) is 1.21. The molecule has 0 amide bonds. The number of rotatable bonds is 6. The van der Waals surface area contributed by atoms with E-state index in [1.165, 1.54) is 19.3 Å². The second kappa shape index (κ2) is 5.28. The lowest BCUT2D eigenvalue weighted by molar-refractivity contribution is 0.0575. The molecule has 90 valence electrons. The van der Waals surface area contributed by atoms with E-state index in [1.807, 2.05) is 0 Å². The summed E-state index contributed by atoms with van der Waals surface area (Å²) in [5.74, 6) is 0. The monoisotopic (exact) mass is 214 g/mol. The molecule has 0 aliphatic heterocycles. The summed E-state index contributed by atoms with van der Waals surface area (Å²) in [5, 5.41) is 9.07. The largest absolute Gasteiger partial charge is 0.395 e. The van der Waals surface area contributed by atoms with Crippen LogP contribution >= 0.6 is 0 Å². The molecule has 0 aromatic rings. The van der Waals surface area contributed by atoms with Crippen LogP contribution in [0.15, 0.2) is 0 Å². The molecule has 0 spiro atoms. The number of hydrogen-bond acceptors (Lipinski definition) is 3. The lowest BCUT2D eigenvalue weighted by Gasteiger charge is -2.43. The van der Waals surface area contributed by atoms with Gasteiger partial charge in [-0.1, -0.05) is 20.3 Å². The molecule has 1 aliphatic rings. The van der Waals surface area contributed by atoms with Crippen molar-refractivity contribution in [1.29, 1.82) is 0 Å². The Hall–Kier alpha value is -0.120. The van der Waals surface area contributed by atoms with Gasteiger partial charge < -0.3 is 10.8 Å². The van der Waals surface area contributed by atoms with Crippen LogP contribution in [0.1, 0.15) is 40.0 Å². The lowest BCUT2D eigenvalue weighted by Crippen LogP contribution is -2.50. The van der Waals surface area contributed by atoms with Crippen molar-refractivity contribution in [3.8, 4) is 0 Å². The highest BCUT2D eigenvalue weighted by Gasteiger charge is 2.31. The molecule has 1 unspecified atom stereocenters. The van der Waals surface area contributed by atoms with Crippen molar-refractivity contribution in [2.75, 3.05) is 19.7 Å². The first-order chi connectivity index (χ1) is 6.97. The molecule has 0 aromatic carbocycles. The topological polar surface area (TPSA) is 49.5 Å². The summed E-state index contributed by atoms with van der Waals surface area (Å²) in [6, 6.07) is 0.883. The van der Waals surface area contributed by atoms with Crippen LogP contribution in [0.4, 0.5) is 0 Å². The number of hydrogen-bond donors (Lipinski definition) is 2. The van der Waals surface area contributed by atoms with Gasteiger partial charge in [0.05, 0.1) is 6.61 Å². The Balaban J connectivity index is 2.49. The van der Waals surface area contributed by atoms with Gasteiger partial charge in [0.2, 0.25) is 0 Å². The minimum Gasteiger partial charge on any atom is -0.395 e. The van der Waals surface area contributed by atoms with Gasteiger partial charge in [0.25, 0.3) is 0 Å². The van der Waals surface area contributed by atoms with Crippen molar-refractivity contribution in [3.63, 3.8) is 0 Å². The lowest BCUT2D eigenvalue weighted by atomic mass is 9.83. The summed E-state index contributed by atoms with van der Waals surface area (Å²) in [6.45, 7) is 8.53. The van der Waals surface area contributed by atoms with Gasteiger partial charge in [0, 0.05) is 25.2 Å². The highest BCUT2D eigenvalue weighted by molar-refractivity contribution is 4.87. The van der Waals surface area contributed by atoms with Crippen molar-refractivity contribution in [1.82, 2.24) is 4.90 Å². The molecule has 0 heterocycles. The maximum absolute atomic E-state index is 9.07. The van der Waals surface area contributed by atoms with Gasteiger partial charge in [-0.3, -0.25) is 4.90 Å². The Morgan fingerprint density at radius 2 is 2.07 bits per heavy atom. The molecule has 1 saturated carbocycles. The zero-order valence-corrected chi connectivity index (χ0v) is 10.4. The number of nitrogens with two attached hydrogens (primary N) is 1. The zero-order chi connectivity index (χ0) is 11.5. The molecule has 1 rings (SSSR count). The van der Waals surface area contributed by atoms with E-state index in [4.69, 9.17) is 10.8 Å². The normalized spacial score (nSPS) is 20.4. The van der Waals surface area contributed by atoms with Crippen molar-refractivity contribution < 1.29 is 5.11 Å². The highest BCUT2D eigenvalue weighted by Crippen LogP contribution is 2.29. The molecule has 1 aliphatic carbocycles. The Bertz CT molecular complexity index is 188. The average molecular weight is 214 g/mol. The van der Waals surface area contributed by atoms with Gasteiger partial charge in [0.15, 0.2) is 0 Å². The van der Waals surface area contributed by atoms with Gasteiger partial charge in [-0.25, -0.2) is 0 Å². The molecular formula is C12H26N2O. The predicted molar refractivity (Wildman–Crippen MR) is 63.7 cm³/mol. The second-order valence-electron chi connectivity index (χ2n) is 5.56. The van der Waals surface area contributed by atoms with Crippen LogP contribution in [0, 0.1) is 5.41 Å². The molecule has 0 saturated heterocycles. The molecule has 3 heteroatoms. The van der Waals surface area contributed by atoms with Crippen LogP contribution in [0.2, 0.25) is 0 Å². The van der Waals surface area contributed by atoms with Gasteiger partial charge in [-0.05, 0) is 25.2 Å². The third kappa shape index (κ3) is 3.44. The smallest absolute Gasteiger partial charge is 0.0558 e. The maximum atomic E-state index is 9.07. The summed E-state index contributed by atoms with van der Waals surface area (Å²) in [7, 11) is 0.